The monoisotopic (exact) mass is 405 g/mol. The van der Waals surface area contributed by atoms with E-state index in [0.717, 1.165) is 5.56 Å². The molecule has 1 fully saturated rings. The fraction of sp³-hybridized carbons (Fsp3) is 0.350. The number of benzene rings is 2. The molecule has 29 heavy (non-hydrogen) atoms. The van der Waals surface area contributed by atoms with Crippen molar-refractivity contribution in [1.29, 1.82) is 0 Å². The molecule has 0 radical (unpaired) electrons. The van der Waals surface area contributed by atoms with Gasteiger partial charge in [-0.25, -0.2) is 0 Å². The molecule has 152 valence electrons. The van der Waals surface area contributed by atoms with Gasteiger partial charge in [-0.2, -0.15) is 13.2 Å². The van der Waals surface area contributed by atoms with E-state index >= 15 is 0 Å². The molecule has 3 atom stereocenters. The van der Waals surface area contributed by atoms with E-state index in [1.54, 1.807) is 42.5 Å². The van der Waals surface area contributed by atoms with Crippen LogP contribution in [0.4, 0.5) is 18.9 Å². The molecule has 1 saturated heterocycles. The normalized spacial score (nSPS) is 26.9. The maximum absolute atomic E-state index is 13.7. The number of nitrogens with zero attached hydrogens (tertiary/aromatic N) is 3. The summed E-state index contributed by atoms with van der Waals surface area (Å²) in [6.07, 6.45) is -4.79. The minimum Gasteiger partial charge on any atom is -0.305 e. The molecule has 9 heteroatoms. The van der Waals surface area contributed by atoms with Gasteiger partial charge in [0.2, 0.25) is 0 Å². The largest absolute Gasteiger partial charge is 0.399 e. The van der Waals surface area contributed by atoms with Gasteiger partial charge in [0, 0.05) is 22.7 Å². The number of fused-ring (bicyclic) bond motifs is 2. The summed E-state index contributed by atoms with van der Waals surface area (Å²) < 4.78 is 41.0. The van der Waals surface area contributed by atoms with E-state index < -0.39 is 41.1 Å². The van der Waals surface area contributed by atoms with Crippen LogP contribution in [-0.4, -0.2) is 41.5 Å². The summed E-state index contributed by atoms with van der Waals surface area (Å²) in [5.74, 6) is -2.94. The Labute approximate surface area is 164 Å². The lowest BCUT2D eigenvalue weighted by atomic mass is 9.81. The number of para-hydroxylation sites is 1. The predicted octanol–water partition coefficient (Wildman–Crippen LogP) is 3.20. The van der Waals surface area contributed by atoms with Crippen molar-refractivity contribution in [2.24, 2.45) is 5.92 Å². The van der Waals surface area contributed by atoms with Crippen LogP contribution in [0.5, 0.6) is 0 Å². The van der Waals surface area contributed by atoms with Crippen molar-refractivity contribution in [2.45, 2.75) is 24.3 Å². The van der Waals surface area contributed by atoms with E-state index in [4.69, 9.17) is 0 Å². The van der Waals surface area contributed by atoms with Gasteiger partial charge < -0.3 is 4.90 Å². The number of alkyl halides is 3. The third-order valence-electron chi connectivity index (χ3n) is 5.89. The molecule has 2 aliphatic heterocycles. The zero-order chi connectivity index (χ0) is 21.0. The number of halogens is 3. The average molecular weight is 405 g/mol. The molecule has 0 aromatic heterocycles. The predicted molar refractivity (Wildman–Crippen MR) is 98.7 cm³/mol. The summed E-state index contributed by atoms with van der Waals surface area (Å²) in [7, 11) is 1.35. The highest BCUT2D eigenvalue weighted by Gasteiger charge is 2.74. The third kappa shape index (κ3) is 2.71. The van der Waals surface area contributed by atoms with Crippen LogP contribution in [0.1, 0.15) is 11.1 Å². The van der Waals surface area contributed by atoms with Crippen molar-refractivity contribution in [2.75, 3.05) is 18.5 Å². The zero-order valence-electron chi connectivity index (χ0n) is 15.5. The number of carbonyl (C=O) groups is 1. The van der Waals surface area contributed by atoms with Gasteiger partial charge in [0.05, 0.1) is 6.54 Å². The van der Waals surface area contributed by atoms with Gasteiger partial charge in [-0.3, -0.25) is 19.8 Å². The quantitative estimate of drug-likeness (QED) is 0.581. The first-order valence-corrected chi connectivity index (χ1v) is 9.06. The molecule has 0 aliphatic carbocycles. The molecule has 6 nitrogen and oxygen atoms in total. The van der Waals surface area contributed by atoms with Gasteiger partial charge in [-0.15, -0.1) is 0 Å². The van der Waals surface area contributed by atoms with Crippen LogP contribution in [0, 0.1) is 16.0 Å². The van der Waals surface area contributed by atoms with Gasteiger partial charge in [0.25, 0.3) is 11.9 Å². The molecule has 2 aromatic rings. The van der Waals surface area contributed by atoms with Crippen LogP contribution < -0.4 is 4.90 Å². The van der Waals surface area contributed by atoms with Crippen molar-refractivity contribution in [1.82, 2.24) is 4.90 Å². The first-order chi connectivity index (χ1) is 13.7. The number of amides is 1. The Hall–Kier alpha value is -2.94. The first kappa shape index (κ1) is 19.4. The molecule has 0 unspecified atom stereocenters. The highest BCUT2D eigenvalue weighted by molar-refractivity contribution is 6.08. The number of hydrogen-bond acceptors (Lipinski definition) is 4. The number of rotatable bonds is 3. The number of anilines is 1. The second kappa shape index (κ2) is 6.55. The van der Waals surface area contributed by atoms with Crippen LogP contribution in [0.3, 0.4) is 0 Å². The zero-order valence-corrected chi connectivity index (χ0v) is 15.5. The van der Waals surface area contributed by atoms with Gasteiger partial charge in [-0.1, -0.05) is 48.5 Å². The lowest BCUT2D eigenvalue weighted by molar-refractivity contribution is -0.546. The standard InChI is InChI=1S/C20H18F3N3O3/c1-24-12-15(20(21,22)23)17(26(28)29)19(24)14-9-5-6-10-16(14)25(18(19)27)11-13-7-3-2-4-8-13/h2-10,15,17H,11-12H2,1H3/t15-,17+,19+/m1/s1. The minimum atomic E-state index is -4.79. The van der Waals surface area contributed by atoms with E-state index in [-0.39, 0.29) is 12.1 Å². The molecular formula is C20H18F3N3O3. The molecule has 0 bridgehead atoms. The maximum Gasteiger partial charge on any atom is 0.399 e. The van der Waals surface area contributed by atoms with Gasteiger partial charge in [-0.05, 0) is 18.7 Å². The topological polar surface area (TPSA) is 66.7 Å². The second-order valence-corrected chi connectivity index (χ2v) is 7.42. The molecular weight excluding hydrogens is 387 g/mol. The van der Waals surface area contributed by atoms with E-state index in [1.807, 2.05) is 6.07 Å². The molecule has 2 heterocycles. The summed E-state index contributed by atoms with van der Waals surface area (Å²) in [5.41, 5.74) is -0.562. The fourth-order valence-corrected chi connectivity index (χ4v) is 4.68. The highest BCUT2D eigenvalue weighted by atomic mass is 19.4. The Balaban J connectivity index is 1.89. The van der Waals surface area contributed by atoms with Crippen molar-refractivity contribution in [3.8, 4) is 0 Å². The second-order valence-electron chi connectivity index (χ2n) is 7.42. The highest BCUT2D eigenvalue weighted by Crippen LogP contribution is 2.54. The molecule has 2 aromatic carbocycles. The van der Waals surface area contributed by atoms with Crippen LogP contribution in [0.15, 0.2) is 54.6 Å². The maximum atomic E-state index is 13.7. The van der Waals surface area contributed by atoms with Crippen molar-refractivity contribution in [3.63, 3.8) is 0 Å². The molecule has 1 spiro atoms. The summed E-state index contributed by atoms with van der Waals surface area (Å²) in [4.78, 5) is 27.1. The van der Waals surface area contributed by atoms with E-state index in [0.29, 0.717) is 5.69 Å². The molecule has 1 amide bonds. The smallest absolute Gasteiger partial charge is 0.305 e. The summed E-state index contributed by atoms with van der Waals surface area (Å²) in [6.45, 7) is -0.498. The third-order valence-corrected chi connectivity index (χ3v) is 5.89. The van der Waals surface area contributed by atoms with Gasteiger partial charge >= 0.3 is 6.18 Å². The number of carbonyl (C=O) groups excluding carboxylic acids is 1. The fourth-order valence-electron chi connectivity index (χ4n) is 4.68. The molecule has 0 N–H and O–H groups in total. The number of nitro groups is 1. The molecule has 4 rings (SSSR count). The minimum absolute atomic E-state index is 0.118. The van der Waals surface area contributed by atoms with Crippen molar-refractivity contribution >= 4 is 11.6 Å². The Morgan fingerprint density at radius 3 is 2.38 bits per heavy atom. The Morgan fingerprint density at radius 1 is 1.14 bits per heavy atom. The Morgan fingerprint density at radius 2 is 1.76 bits per heavy atom. The van der Waals surface area contributed by atoms with Crippen LogP contribution in [-0.2, 0) is 16.9 Å². The van der Waals surface area contributed by atoms with E-state index in [2.05, 4.69) is 0 Å². The SMILES string of the molecule is CN1C[C@@H](C(F)(F)F)[C@H]([N+](=O)[O-])[C@@]12C(=O)N(Cc1ccccc1)c1ccccc12. The van der Waals surface area contributed by atoms with Crippen LogP contribution in [0.25, 0.3) is 0 Å². The summed E-state index contributed by atoms with van der Waals surface area (Å²) in [6, 6.07) is 13.3. The summed E-state index contributed by atoms with van der Waals surface area (Å²) >= 11 is 0. The van der Waals surface area contributed by atoms with Gasteiger partial charge in [0.15, 0.2) is 5.54 Å². The number of likely N-dealkylation sites (N-methyl/N-ethyl adjacent to an activating group) is 1. The lowest BCUT2D eigenvalue weighted by Gasteiger charge is -2.32. The summed E-state index contributed by atoms with van der Waals surface area (Å²) in [5, 5.41) is 11.9. The molecule has 0 saturated carbocycles. The Kier molecular flexibility index (Phi) is 4.38. The first-order valence-electron chi connectivity index (χ1n) is 9.06. The van der Waals surface area contributed by atoms with E-state index in [9.17, 15) is 28.1 Å². The molecule has 2 aliphatic rings. The Bertz CT molecular complexity index is 966. The lowest BCUT2D eigenvalue weighted by Crippen LogP contribution is -2.57. The number of likely N-dealkylation sites (tertiary alicyclic amines) is 1. The van der Waals surface area contributed by atoms with E-state index in [1.165, 1.54) is 22.9 Å². The van der Waals surface area contributed by atoms with Crippen molar-refractivity contribution < 1.29 is 22.9 Å². The van der Waals surface area contributed by atoms with Crippen LogP contribution in [0.2, 0.25) is 0 Å². The average Bonchev–Trinajstić information content (AvgIpc) is 3.12. The van der Waals surface area contributed by atoms with Crippen molar-refractivity contribution in [3.05, 3.63) is 75.8 Å². The van der Waals surface area contributed by atoms with Crippen LogP contribution >= 0.6 is 0 Å². The van der Waals surface area contributed by atoms with Gasteiger partial charge in [0.1, 0.15) is 5.92 Å². The number of hydrogen-bond donors (Lipinski definition) is 0.